The molecule has 0 saturated carbocycles. The topological polar surface area (TPSA) is 65.5 Å². The predicted octanol–water partition coefficient (Wildman–Crippen LogP) is 3.90. The minimum Gasteiger partial charge on any atom is -0.379 e. The van der Waals surface area contributed by atoms with Crippen LogP contribution in [0, 0.1) is 5.92 Å². The van der Waals surface area contributed by atoms with Crippen molar-refractivity contribution in [3.8, 4) is 0 Å². The maximum Gasteiger partial charge on any atom is 0.262 e. The lowest BCUT2D eigenvalue weighted by Crippen LogP contribution is -2.47. The summed E-state index contributed by atoms with van der Waals surface area (Å²) in [6.45, 7) is 8.01. The van der Waals surface area contributed by atoms with Gasteiger partial charge in [-0.1, -0.05) is 49.7 Å². The van der Waals surface area contributed by atoms with Gasteiger partial charge in [0, 0.05) is 43.5 Å². The van der Waals surface area contributed by atoms with Crippen LogP contribution < -0.4 is 0 Å². The van der Waals surface area contributed by atoms with Crippen LogP contribution in [0.5, 0.6) is 0 Å². The summed E-state index contributed by atoms with van der Waals surface area (Å²) >= 11 is 8.11. The molecule has 4 rings (SSSR count). The smallest absolute Gasteiger partial charge is 0.262 e. The lowest BCUT2D eigenvalue weighted by Gasteiger charge is -2.32. The molecule has 7 nitrogen and oxygen atoms in total. The first-order valence-corrected chi connectivity index (χ1v) is 13.0. The van der Waals surface area contributed by atoms with Crippen molar-refractivity contribution in [2.45, 2.75) is 26.3 Å². The molecule has 182 valence electrons. The van der Waals surface area contributed by atoms with Crippen LogP contribution >= 0.6 is 22.9 Å². The molecule has 0 N–H and O–H groups in total. The minimum absolute atomic E-state index is 0.0104. The van der Waals surface area contributed by atoms with Crippen molar-refractivity contribution in [3.05, 3.63) is 57.2 Å². The van der Waals surface area contributed by atoms with Crippen LogP contribution in [-0.2, 0) is 14.3 Å². The van der Waals surface area contributed by atoms with Crippen molar-refractivity contribution >= 4 is 40.5 Å². The van der Waals surface area contributed by atoms with Crippen molar-refractivity contribution in [3.63, 3.8) is 0 Å². The molecule has 0 aliphatic carbocycles. The van der Waals surface area contributed by atoms with Gasteiger partial charge in [0.2, 0.25) is 5.91 Å². The molecule has 1 atom stereocenters. The van der Waals surface area contributed by atoms with Gasteiger partial charge in [0.15, 0.2) is 0 Å². The number of amides is 2. The first kappa shape index (κ1) is 24.9. The third kappa shape index (κ3) is 5.86. The third-order valence-corrected chi connectivity index (χ3v) is 7.42. The fourth-order valence-electron chi connectivity index (χ4n) is 4.27. The molecule has 2 aliphatic heterocycles. The van der Waals surface area contributed by atoms with Gasteiger partial charge in [-0.25, -0.2) is 5.01 Å². The summed E-state index contributed by atoms with van der Waals surface area (Å²) in [5, 5.41) is 8.87. The first-order chi connectivity index (χ1) is 16.4. The second-order valence-electron chi connectivity index (χ2n) is 8.87. The van der Waals surface area contributed by atoms with Gasteiger partial charge in [-0.3, -0.25) is 14.5 Å². The number of rotatable bonds is 8. The third-order valence-electron chi connectivity index (χ3n) is 6.16. The monoisotopic (exact) mass is 502 g/mol. The van der Waals surface area contributed by atoms with E-state index < -0.39 is 0 Å². The Morgan fingerprint density at radius 1 is 1.21 bits per heavy atom. The molecule has 0 radical (unpaired) electrons. The van der Waals surface area contributed by atoms with Crippen molar-refractivity contribution < 1.29 is 14.3 Å². The van der Waals surface area contributed by atoms with E-state index in [-0.39, 0.29) is 30.3 Å². The van der Waals surface area contributed by atoms with E-state index in [1.807, 2.05) is 55.6 Å². The molecule has 1 aromatic heterocycles. The Labute approximate surface area is 209 Å². The van der Waals surface area contributed by atoms with E-state index in [1.165, 1.54) is 5.01 Å². The number of carbonyl (C=O) groups is 2. The average Bonchev–Trinajstić information content (AvgIpc) is 3.52. The fraction of sp³-hybridized carbons (Fsp3) is 0.480. The van der Waals surface area contributed by atoms with Crippen molar-refractivity contribution in [1.82, 2.24) is 14.8 Å². The molecule has 1 aromatic carbocycles. The van der Waals surface area contributed by atoms with Gasteiger partial charge in [0.25, 0.3) is 5.91 Å². The molecule has 0 bridgehead atoms. The summed E-state index contributed by atoms with van der Waals surface area (Å²) in [6, 6.07) is 11.3. The number of hydrogen-bond donors (Lipinski definition) is 0. The Balaban J connectivity index is 1.54. The van der Waals surface area contributed by atoms with Gasteiger partial charge < -0.3 is 9.64 Å². The molecule has 3 heterocycles. The summed E-state index contributed by atoms with van der Waals surface area (Å²) in [4.78, 5) is 31.6. The quantitative estimate of drug-likeness (QED) is 0.549. The zero-order valence-electron chi connectivity index (χ0n) is 19.7. The van der Waals surface area contributed by atoms with Crippen LogP contribution in [0.1, 0.15) is 36.8 Å². The predicted molar refractivity (Wildman–Crippen MR) is 135 cm³/mol. The Morgan fingerprint density at radius 2 is 1.97 bits per heavy atom. The lowest BCUT2D eigenvalue weighted by atomic mass is 10.0. The number of nitrogens with zero attached hydrogens (tertiary/aromatic N) is 4. The second kappa shape index (κ2) is 11.4. The van der Waals surface area contributed by atoms with Crippen LogP contribution in [-0.4, -0.2) is 78.3 Å². The van der Waals surface area contributed by atoms with E-state index in [0.717, 1.165) is 29.2 Å². The number of ether oxygens (including phenoxy) is 1. The SMILES string of the molecule is CC(C)C(=O)N(CCN1CCOCC1)CC(=O)N1N=C(c2cccs2)C[C@@H]1c1ccccc1Cl. The zero-order chi connectivity index (χ0) is 24.1. The molecule has 2 amide bonds. The van der Waals surface area contributed by atoms with Crippen molar-refractivity contribution in [1.29, 1.82) is 0 Å². The summed E-state index contributed by atoms with van der Waals surface area (Å²) in [7, 11) is 0. The van der Waals surface area contributed by atoms with E-state index >= 15 is 0 Å². The molecule has 34 heavy (non-hydrogen) atoms. The molecule has 2 aromatic rings. The van der Waals surface area contributed by atoms with E-state index in [2.05, 4.69) is 4.90 Å². The van der Waals surface area contributed by atoms with Crippen molar-refractivity contribution in [2.75, 3.05) is 45.9 Å². The molecule has 1 fully saturated rings. The van der Waals surface area contributed by atoms with Crippen LogP contribution in [0.15, 0.2) is 46.9 Å². The van der Waals surface area contributed by atoms with Gasteiger partial charge in [0.05, 0.1) is 29.8 Å². The number of carbonyl (C=O) groups excluding carboxylic acids is 2. The number of benzene rings is 1. The number of halogens is 1. The van der Waals surface area contributed by atoms with E-state index in [0.29, 0.717) is 37.7 Å². The molecule has 2 aliphatic rings. The highest BCUT2D eigenvalue weighted by molar-refractivity contribution is 7.12. The maximum atomic E-state index is 13.6. The highest BCUT2D eigenvalue weighted by Gasteiger charge is 2.36. The average molecular weight is 503 g/mol. The fourth-order valence-corrected chi connectivity index (χ4v) is 5.26. The molecule has 9 heteroatoms. The number of hydrazone groups is 1. The molecular weight excluding hydrogens is 472 g/mol. The number of thiophene rings is 1. The van der Waals surface area contributed by atoms with Gasteiger partial charge in [-0.2, -0.15) is 5.10 Å². The molecule has 1 saturated heterocycles. The molecule has 0 unspecified atom stereocenters. The normalized spacial score (nSPS) is 18.9. The standard InChI is InChI=1S/C25H31ClN4O3S/c1-18(2)25(32)29(10-9-28-11-13-33-14-12-28)17-24(31)30-22(19-6-3-4-7-20(19)26)16-21(27-30)23-8-5-15-34-23/h3-8,15,18,22H,9-14,16-17H2,1-2H3/t22-/m1/s1. The molecule has 0 spiro atoms. The highest BCUT2D eigenvalue weighted by Crippen LogP contribution is 2.37. The Morgan fingerprint density at radius 3 is 2.65 bits per heavy atom. The van der Waals surface area contributed by atoms with Crippen molar-refractivity contribution in [2.24, 2.45) is 11.0 Å². The van der Waals surface area contributed by atoms with E-state index in [1.54, 1.807) is 16.2 Å². The van der Waals surface area contributed by atoms with Gasteiger partial charge >= 0.3 is 0 Å². The molecular formula is C25H31ClN4O3S. The van der Waals surface area contributed by atoms with Gasteiger partial charge in [-0.05, 0) is 23.1 Å². The van der Waals surface area contributed by atoms with Crippen LogP contribution in [0.2, 0.25) is 5.02 Å². The van der Waals surface area contributed by atoms with E-state index in [9.17, 15) is 9.59 Å². The first-order valence-electron chi connectivity index (χ1n) is 11.7. The number of hydrogen-bond acceptors (Lipinski definition) is 6. The van der Waals surface area contributed by atoms with Crippen LogP contribution in [0.4, 0.5) is 0 Å². The maximum absolute atomic E-state index is 13.6. The van der Waals surface area contributed by atoms with Crippen LogP contribution in [0.3, 0.4) is 0 Å². The summed E-state index contributed by atoms with van der Waals surface area (Å²) < 4.78 is 5.42. The Hall–Kier alpha value is -2.26. The van der Waals surface area contributed by atoms with Gasteiger partial charge in [-0.15, -0.1) is 11.3 Å². The highest BCUT2D eigenvalue weighted by atomic mass is 35.5. The van der Waals surface area contributed by atoms with Crippen LogP contribution in [0.25, 0.3) is 0 Å². The summed E-state index contributed by atoms with van der Waals surface area (Å²) in [6.07, 6.45) is 0.585. The largest absolute Gasteiger partial charge is 0.379 e. The Bertz CT molecular complexity index is 1020. The second-order valence-corrected chi connectivity index (χ2v) is 10.2. The Kier molecular flexibility index (Phi) is 8.37. The lowest BCUT2D eigenvalue weighted by molar-refractivity contribution is -0.143. The summed E-state index contributed by atoms with van der Waals surface area (Å²) in [5.74, 6) is -0.425. The van der Waals surface area contributed by atoms with E-state index in [4.69, 9.17) is 21.4 Å². The minimum atomic E-state index is -0.298. The van der Waals surface area contributed by atoms with Gasteiger partial charge in [0.1, 0.15) is 6.54 Å². The summed E-state index contributed by atoms with van der Waals surface area (Å²) in [5.41, 5.74) is 1.73. The number of morpholine rings is 1. The zero-order valence-corrected chi connectivity index (χ0v) is 21.2.